The van der Waals surface area contributed by atoms with Crippen LogP contribution in [0.4, 0.5) is 0 Å². The van der Waals surface area contributed by atoms with Crippen LogP contribution in [0.15, 0.2) is 0 Å². The first-order valence-corrected chi connectivity index (χ1v) is 5.34. The van der Waals surface area contributed by atoms with Crippen LogP contribution in [-0.4, -0.2) is 19.0 Å². The number of carbonyl (C=O) groups is 1. The Morgan fingerprint density at radius 3 is 2.38 bits per heavy atom. The fourth-order valence-corrected chi connectivity index (χ4v) is 1.13. The van der Waals surface area contributed by atoms with Crippen molar-refractivity contribution in [3.63, 3.8) is 0 Å². The van der Waals surface area contributed by atoms with Gasteiger partial charge in [-0.05, 0) is 13.3 Å². The van der Waals surface area contributed by atoms with Crippen molar-refractivity contribution in [2.75, 3.05) is 13.2 Å². The minimum atomic E-state index is 0.214. The molecule has 0 fully saturated rings. The fourth-order valence-electron chi connectivity index (χ4n) is 1.13. The van der Waals surface area contributed by atoms with Crippen LogP contribution in [0.5, 0.6) is 0 Å². The Morgan fingerprint density at radius 2 is 1.77 bits per heavy atom. The highest BCUT2D eigenvalue weighted by Crippen LogP contribution is 2.02. The Balaban J connectivity index is 2.87. The second-order valence-corrected chi connectivity index (χ2v) is 3.48. The van der Waals surface area contributed by atoms with Crippen molar-refractivity contribution >= 4 is 5.78 Å². The highest BCUT2D eigenvalue weighted by atomic mass is 16.5. The summed E-state index contributed by atoms with van der Waals surface area (Å²) in [5, 5.41) is 0. The first kappa shape index (κ1) is 12.6. The predicted octanol–water partition coefficient (Wildman–Crippen LogP) is 2.95. The van der Waals surface area contributed by atoms with Crippen LogP contribution >= 0.6 is 0 Å². The molecule has 0 spiro atoms. The maximum atomic E-state index is 10.5. The third-order valence-electron chi connectivity index (χ3n) is 1.99. The van der Waals surface area contributed by atoms with Gasteiger partial charge < -0.3 is 4.74 Å². The summed E-state index contributed by atoms with van der Waals surface area (Å²) in [4.78, 5) is 10.5. The number of rotatable bonds is 9. The number of hydrogen-bond acceptors (Lipinski definition) is 2. The van der Waals surface area contributed by atoms with Crippen molar-refractivity contribution in [2.45, 2.75) is 52.4 Å². The average molecular weight is 186 g/mol. The van der Waals surface area contributed by atoms with E-state index in [9.17, 15) is 4.79 Å². The number of hydrogen-bond donors (Lipinski definition) is 0. The molecule has 0 heterocycles. The molecule has 0 aromatic rings. The molecule has 0 rings (SSSR count). The molecule has 13 heavy (non-hydrogen) atoms. The molecule has 0 aliphatic carbocycles. The van der Waals surface area contributed by atoms with Gasteiger partial charge in [0.05, 0.1) is 6.61 Å². The largest absolute Gasteiger partial charge is 0.381 e. The lowest BCUT2D eigenvalue weighted by atomic mass is 10.2. The molecule has 0 unspecified atom stereocenters. The van der Waals surface area contributed by atoms with Gasteiger partial charge in [-0.3, -0.25) is 4.79 Å². The highest BCUT2D eigenvalue weighted by Gasteiger charge is 1.93. The number of Topliss-reactive ketones (excluding diaryl/α,β-unsaturated/α-hetero) is 1. The molecule has 0 atom stereocenters. The third kappa shape index (κ3) is 11.6. The van der Waals surface area contributed by atoms with Crippen molar-refractivity contribution in [2.24, 2.45) is 0 Å². The molecule has 0 saturated carbocycles. The summed E-state index contributed by atoms with van der Waals surface area (Å²) in [5.74, 6) is 0.214. The van der Waals surface area contributed by atoms with Gasteiger partial charge in [-0.2, -0.15) is 0 Å². The van der Waals surface area contributed by atoms with Crippen LogP contribution < -0.4 is 0 Å². The second kappa shape index (κ2) is 9.72. The lowest BCUT2D eigenvalue weighted by Gasteiger charge is -2.02. The van der Waals surface area contributed by atoms with E-state index in [1.54, 1.807) is 6.92 Å². The zero-order chi connectivity index (χ0) is 9.94. The highest BCUT2D eigenvalue weighted by molar-refractivity contribution is 5.75. The first-order valence-electron chi connectivity index (χ1n) is 5.34. The Morgan fingerprint density at radius 1 is 1.08 bits per heavy atom. The van der Waals surface area contributed by atoms with E-state index in [1.165, 1.54) is 25.7 Å². The summed E-state index contributed by atoms with van der Waals surface area (Å²) < 4.78 is 5.30. The Labute approximate surface area is 81.7 Å². The van der Waals surface area contributed by atoms with Crippen molar-refractivity contribution in [3.8, 4) is 0 Å². The molecule has 78 valence electrons. The Kier molecular flexibility index (Phi) is 9.44. The van der Waals surface area contributed by atoms with Gasteiger partial charge in [-0.15, -0.1) is 0 Å². The summed E-state index contributed by atoms with van der Waals surface area (Å²) in [6, 6.07) is 0. The third-order valence-corrected chi connectivity index (χ3v) is 1.99. The van der Waals surface area contributed by atoms with E-state index in [0.717, 1.165) is 13.0 Å². The van der Waals surface area contributed by atoms with Crippen molar-refractivity contribution in [3.05, 3.63) is 0 Å². The van der Waals surface area contributed by atoms with Gasteiger partial charge in [0.25, 0.3) is 0 Å². The van der Waals surface area contributed by atoms with Gasteiger partial charge in [0.15, 0.2) is 0 Å². The molecular formula is C11H22O2. The van der Waals surface area contributed by atoms with Gasteiger partial charge in [-0.1, -0.05) is 32.6 Å². The molecule has 2 heteroatoms. The molecule has 0 N–H and O–H groups in total. The lowest BCUT2D eigenvalue weighted by molar-refractivity contribution is -0.118. The monoisotopic (exact) mass is 186 g/mol. The van der Waals surface area contributed by atoms with Crippen LogP contribution in [0.1, 0.15) is 52.4 Å². The van der Waals surface area contributed by atoms with Crippen LogP contribution in [0.3, 0.4) is 0 Å². The average Bonchev–Trinajstić information content (AvgIpc) is 2.09. The fraction of sp³-hybridized carbons (Fsp3) is 0.909. The van der Waals surface area contributed by atoms with Crippen LogP contribution in [0.25, 0.3) is 0 Å². The summed E-state index contributed by atoms with van der Waals surface area (Å²) >= 11 is 0. The van der Waals surface area contributed by atoms with Gasteiger partial charge in [0.1, 0.15) is 5.78 Å². The minimum absolute atomic E-state index is 0.214. The molecule has 0 radical (unpaired) electrons. The van der Waals surface area contributed by atoms with Crippen molar-refractivity contribution in [1.82, 2.24) is 0 Å². The van der Waals surface area contributed by atoms with Gasteiger partial charge in [0, 0.05) is 13.0 Å². The predicted molar refractivity (Wildman–Crippen MR) is 54.9 cm³/mol. The van der Waals surface area contributed by atoms with E-state index < -0.39 is 0 Å². The van der Waals surface area contributed by atoms with Gasteiger partial charge >= 0.3 is 0 Å². The summed E-state index contributed by atoms with van der Waals surface area (Å²) in [5.41, 5.74) is 0. The van der Waals surface area contributed by atoms with Gasteiger partial charge in [-0.25, -0.2) is 0 Å². The Hall–Kier alpha value is -0.370. The van der Waals surface area contributed by atoms with E-state index in [0.29, 0.717) is 13.0 Å². The Bertz CT molecular complexity index is 121. The quantitative estimate of drug-likeness (QED) is 0.517. The van der Waals surface area contributed by atoms with Crippen LogP contribution in [-0.2, 0) is 9.53 Å². The van der Waals surface area contributed by atoms with Crippen LogP contribution in [0.2, 0.25) is 0 Å². The first-order chi connectivity index (χ1) is 6.27. The van der Waals surface area contributed by atoms with Crippen molar-refractivity contribution < 1.29 is 9.53 Å². The van der Waals surface area contributed by atoms with E-state index in [2.05, 4.69) is 6.92 Å². The van der Waals surface area contributed by atoms with E-state index in [1.807, 2.05) is 0 Å². The SMILES string of the molecule is CCCCCCCOCCC(C)=O. The van der Waals surface area contributed by atoms with E-state index in [-0.39, 0.29) is 5.78 Å². The van der Waals surface area contributed by atoms with Crippen LogP contribution in [0, 0.1) is 0 Å². The number of ether oxygens (including phenoxy) is 1. The minimum Gasteiger partial charge on any atom is -0.381 e. The molecule has 0 aliphatic heterocycles. The maximum Gasteiger partial charge on any atom is 0.132 e. The standard InChI is InChI=1S/C11H22O2/c1-3-4-5-6-7-9-13-10-8-11(2)12/h3-10H2,1-2H3. The molecule has 0 aliphatic rings. The normalized spacial score (nSPS) is 10.3. The smallest absolute Gasteiger partial charge is 0.132 e. The van der Waals surface area contributed by atoms with E-state index in [4.69, 9.17) is 4.74 Å². The number of carbonyl (C=O) groups excluding carboxylic acids is 1. The second-order valence-electron chi connectivity index (χ2n) is 3.48. The molecular weight excluding hydrogens is 164 g/mol. The topological polar surface area (TPSA) is 26.3 Å². The summed E-state index contributed by atoms with van der Waals surface area (Å²) in [6.45, 7) is 5.23. The molecule has 0 saturated heterocycles. The maximum absolute atomic E-state index is 10.5. The molecule has 0 aromatic heterocycles. The molecule has 0 bridgehead atoms. The summed E-state index contributed by atoms with van der Waals surface area (Å²) in [6.07, 6.45) is 6.88. The van der Waals surface area contributed by atoms with E-state index >= 15 is 0 Å². The number of ketones is 1. The summed E-state index contributed by atoms with van der Waals surface area (Å²) in [7, 11) is 0. The van der Waals surface area contributed by atoms with Gasteiger partial charge in [0.2, 0.25) is 0 Å². The molecule has 0 aromatic carbocycles. The molecule has 2 nitrogen and oxygen atoms in total. The zero-order valence-corrected chi connectivity index (χ0v) is 8.97. The molecule has 0 amide bonds. The lowest BCUT2D eigenvalue weighted by Crippen LogP contribution is -2.01. The number of unbranched alkanes of at least 4 members (excludes halogenated alkanes) is 4. The van der Waals surface area contributed by atoms with Crippen molar-refractivity contribution in [1.29, 1.82) is 0 Å². The zero-order valence-electron chi connectivity index (χ0n) is 8.97.